The van der Waals surface area contributed by atoms with Crippen LogP contribution >= 0.6 is 11.8 Å². The van der Waals surface area contributed by atoms with Gasteiger partial charge in [0.05, 0.1) is 5.60 Å². The van der Waals surface area contributed by atoms with Crippen molar-refractivity contribution >= 4 is 11.8 Å². The summed E-state index contributed by atoms with van der Waals surface area (Å²) in [7, 11) is 0. The Kier molecular flexibility index (Phi) is 2.58. The van der Waals surface area contributed by atoms with Crippen molar-refractivity contribution in [1.82, 2.24) is 0 Å². The predicted molar refractivity (Wildman–Crippen MR) is 60.5 cm³/mol. The minimum absolute atomic E-state index is 0.472. The lowest BCUT2D eigenvalue weighted by Crippen LogP contribution is -2.23. The molecular formula is C12H16OS. The van der Waals surface area contributed by atoms with Crippen LogP contribution in [0.25, 0.3) is 0 Å². The molecule has 2 heteroatoms. The van der Waals surface area contributed by atoms with E-state index < -0.39 is 5.60 Å². The zero-order chi connectivity index (χ0) is 10.2. The first-order chi connectivity index (χ1) is 6.64. The van der Waals surface area contributed by atoms with Gasteiger partial charge < -0.3 is 5.11 Å². The summed E-state index contributed by atoms with van der Waals surface area (Å²) >= 11 is 1.72. The van der Waals surface area contributed by atoms with E-state index in [0.717, 1.165) is 18.4 Å². The smallest absolute Gasteiger partial charge is 0.0896 e. The summed E-state index contributed by atoms with van der Waals surface area (Å²) in [6, 6.07) is 8.23. The highest BCUT2D eigenvalue weighted by Crippen LogP contribution is 2.45. The lowest BCUT2D eigenvalue weighted by atomic mass is 9.91. The highest BCUT2D eigenvalue weighted by atomic mass is 32.2. The van der Waals surface area contributed by atoms with Crippen LogP contribution in [0.2, 0.25) is 0 Å². The van der Waals surface area contributed by atoms with Gasteiger partial charge in [-0.2, -0.15) is 0 Å². The SMILES string of the molecule is CSc1cccc([C@](C)(O)C2CC2)c1. The minimum atomic E-state index is -0.619. The lowest BCUT2D eigenvalue weighted by Gasteiger charge is -2.23. The van der Waals surface area contributed by atoms with E-state index in [1.54, 1.807) is 11.8 Å². The molecule has 2 rings (SSSR count). The fourth-order valence-electron chi connectivity index (χ4n) is 1.82. The normalized spacial score (nSPS) is 20.5. The van der Waals surface area contributed by atoms with E-state index in [1.165, 1.54) is 4.90 Å². The van der Waals surface area contributed by atoms with Crippen molar-refractivity contribution in [3.8, 4) is 0 Å². The molecule has 1 saturated carbocycles. The molecule has 0 aliphatic heterocycles. The van der Waals surface area contributed by atoms with Crippen LogP contribution in [0, 0.1) is 5.92 Å². The third kappa shape index (κ3) is 1.82. The van der Waals surface area contributed by atoms with Crippen molar-refractivity contribution in [2.45, 2.75) is 30.3 Å². The molecule has 1 N–H and O–H groups in total. The standard InChI is InChI=1S/C12H16OS/c1-12(13,9-6-7-9)10-4-3-5-11(8-10)14-2/h3-5,8-9,13H,6-7H2,1-2H3/t12-/m1/s1. The van der Waals surface area contributed by atoms with Gasteiger partial charge in [0.15, 0.2) is 0 Å². The van der Waals surface area contributed by atoms with Crippen molar-refractivity contribution < 1.29 is 5.11 Å². The number of hydrogen-bond acceptors (Lipinski definition) is 2. The highest BCUT2D eigenvalue weighted by molar-refractivity contribution is 7.98. The van der Waals surface area contributed by atoms with E-state index in [9.17, 15) is 5.11 Å². The molecule has 1 aromatic carbocycles. The van der Waals surface area contributed by atoms with Crippen LogP contribution in [0.1, 0.15) is 25.3 Å². The monoisotopic (exact) mass is 208 g/mol. The van der Waals surface area contributed by atoms with E-state index in [2.05, 4.69) is 18.4 Å². The minimum Gasteiger partial charge on any atom is -0.385 e. The van der Waals surface area contributed by atoms with E-state index in [1.807, 2.05) is 19.1 Å². The van der Waals surface area contributed by atoms with Gasteiger partial charge in [0, 0.05) is 4.90 Å². The van der Waals surface area contributed by atoms with E-state index in [0.29, 0.717) is 5.92 Å². The van der Waals surface area contributed by atoms with Crippen molar-refractivity contribution in [2.75, 3.05) is 6.26 Å². The van der Waals surface area contributed by atoms with Gasteiger partial charge in [-0.3, -0.25) is 0 Å². The van der Waals surface area contributed by atoms with Crippen molar-refractivity contribution in [3.63, 3.8) is 0 Å². The fraction of sp³-hybridized carbons (Fsp3) is 0.500. The fourth-order valence-corrected chi connectivity index (χ4v) is 2.28. The molecule has 0 amide bonds. The second kappa shape index (κ2) is 3.59. The second-order valence-electron chi connectivity index (χ2n) is 4.15. The number of thioether (sulfide) groups is 1. The molecule has 1 fully saturated rings. The summed E-state index contributed by atoms with van der Waals surface area (Å²) in [4.78, 5) is 1.23. The summed E-state index contributed by atoms with van der Waals surface area (Å²) < 4.78 is 0. The molecule has 1 aromatic rings. The van der Waals surface area contributed by atoms with Gasteiger partial charge >= 0.3 is 0 Å². The molecule has 14 heavy (non-hydrogen) atoms. The van der Waals surface area contributed by atoms with Crippen molar-refractivity contribution in [3.05, 3.63) is 29.8 Å². The van der Waals surface area contributed by atoms with Gasteiger partial charge in [-0.05, 0) is 49.6 Å². The molecule has 0 spiro atoms. The molecule has 1 nitrogen and oxygen atoms in total. The summed E-state index contributed by atoms with van der Waals surface area (Å²) in [6.07, 6.45) is 4.39. The largest absolute Gasteiger partial charge is 0.385 e. The first-order valence-corrected chi connectivity index (χ1v) is 6.24. The topological polar surface area (TPSA) is 20.2 Å². The average Bonchev–Trinajstić information content (AvgIpc) is 3.01. The summed E-state index contributed by atoms with van der Waals surface area (Å²) in [5.74, 6) is 0.472. The number of rotatable bonds is 3. The molecular weight excluding hydrogens is 192 g/mol. The third-order valence-electron chi connectivity index (χ3n) is 3.03. The van der Waals surface area contributed by atoms with E-state index >= 15 is 0 Å². The highest BCUT2D eigenvalue weighted by Gasteiger charge is 2.41. The average molecular weight is 208 g/mol. The van der Waals surface area contributed by atoms with Crippen LogP contribution in [0.4, 0.5) is 0 Å². The number of benzene rings is 1. The lowest BCUT2D eigenvalue weighted by molar-refractivity contribution is 0.0329. The van der Waals surface area contributed by atoms with Gasteiger partial charge in [0.2, 0.25) is 0 Å². The van der Waals surface area contributed by atoms with Crippen LogP contribution in [0.3, 0.4) is 0 Å². The first-order valence-electron chi connectivity index (χ1n) is 5.01. The molecule has 1 aliphatic rings. The van der Waals surface area contributed by atoms with E-state index in [-0.39, 0.29) is 0 Å². The first kappa shape index (κ1) is 10.1. The Bertz CT molecular complexity index is 329. The summed E-state index contributed by atoms with van der Waals surface area (Å²) in [5.41, 5.74) is 0.443. The molecule has 0 unspecified atom stereocenters. The van der Waals surface area contributed by atoms with Gasteiger partial charge in [0.1, 0.15) is 0 Å². The van der Waals surface area contributed by atoms with Crippen LogP contribution in [0.15, 0.2) is 29.2 Å². The van der Waals surface area contributed by atoms with Crippen molar-refractivity contribution in [1.29, 1.82) is 0 Å². The van der Waals surface area contributed by atoms with Gasteiger partial charge in [0.25, 0.3) is 0 Å². The number of aliphatic hydroxyl groups is 1. The Labute approximate surface area is 89.5 Å². The Morgan fingerprint density at radius 2 is 2.14 bits per heavy atom. The van der Waals surface area contributed by atoms with Crippen LogP contribution < -0.4 is 0 Å². The van der Waals surface area contributed by atoms with Gasteiger partial charge in [-0.25, -0.2) is 0 Å². The Morgan fingerprint density at radius 3 is 2.71 bits per heavy atom. The van der Waals surface area contributed by atoms with Gasteiger partial charge in [-0.1, -0.05) is 12.1 Å². The van der Waals surface area contributed by atoms with Crippen LogP contribution in [-0.4, -0.2) is 11.4 Å². The molecule has 1 aliphatic carbocycles. The van der Waals surface area contributed by atoms with Crippen LogP contribution in [-0.2, 0) is 5.60 Å². The third-order valence-corrected chi connectivity index (χ3v) is 3.75. The summed E-state index contributed by atoms with van der Waals surface area (Å²) in [6.45, 7) is 1.93. The molecule has 0 radical (unpaired) electrons. The van der Waals surface area contributed by atoms with Gasteiger partial charge in [-0.15, -0.1) is 11.8 Å². The molecule has 0 bridgehead atoms. The predicted octanol–water partition coefficient (Wildman–Crippen LogP) is 3.03. The molecule has 0 saturated heterocycles. The quantitative estimate of drug-likeness (QED) is 0.770. The maximum Gasteiger partial charge on any atom is 0.0896 e. The Morgan fingerprint density at radius 1 is 1.43 bits per heavy atom. The molecule has 1 atom stereocenters. The van der Waals surface area contributed by atoms with Crippen molar-refractivity contribution in [2.24, 2.45) is 5.92 Å². The molecule has 0 aromatic heterocycles. The zero-order valence-electron chi connectivity index (χ0n) is 8.66. The second-order valence-corrected chi connectivity index (χ2v) is 5.03. The zero-order valence-corrected chi connectivity index (χ0v) is 9.47. The molecule has 76 valence electrons. The maximum absolute atomic E-state index is 10.3. The Hall–Kier alpha value is -0.470. The maximum atomic E-state index is 10.3. The number of hydrogen-bond donors (Lipinski definition) is 1. The summed E-state index contributed by atoms with van der Waals surface area (Å²) in [5, 5.41) is 10.3. The van der Waals surface area contributed by atoms with E-state index in [4.69, 9.17) is 0 Å². The molecule has 0 heterocycles. The van der Waals surface area contributed by atoms with Crippen LogP contribution in [0.5, 0.6) is 0 Å². The Balaban J connectivity index is 2.30.